The molecule has 0 bridgehead atoms. The molecule has 0 radical (unpaired) electrons. The van der Waals surface area contributed by atoms with Crippen molar-refractivity contribution in [1.82, 2.24) is 5.32 Å². The number of nitrogens with one attached hydrogen (secondary N) is 1. The molecule has 0 unspecified atom stereocenters. The van der Waals surface area contributed by atoms with Crippen LogP contribution in [0.1, 0.15) is 33.0 Å². The van der Waals surface area contributed by atoms with Gasteiger partial charge >= 0.3 is 5.97 Å². The average molecular weight is 507 g/mol. The third-order valence-electron chi connectivity index (χ3n) is 5.66. The van der Waals surface area contributed by atoms with Gasteiger partial charge in [-0.15, -0.1) is 0 Å². The SMILES string of the molecule is COc1cc(/C=C2\C(=O)NC(=S)N(c3cccc(C)c3C)C2=O)ccc1OCc1ccc(C(=O)O)o1. The van der Waals surface area contributed by atoms with Crippen molar-refractivity contribution in [3.8, 4) is 11.5 Å². The number of hydrogen-bond donors (Lipinski definition) is 2. The number of benzene rings is 2. The summed E-state index contributed by atoms with van der Waals surface area (Å²) >= 11 is 5.29. The van der Waals surface area contributed by atoms with Gasteiger partial charge in [-0.25, -0.2) is 4.79 Å². The Morgan fingerprint density at radius 3 is 2.61 bits per heavy atom. The summed E-state index contributed by atoms with van der Waals surface area (Å²) < 4.78 is 16.3. The molecule has 0 spiro atoms. The zero-order valence-electron chi connectivity index (χ0n) is 19.7. The Balaban J connectivity index is 1.59. The van der Waals surface area contributed by atoms with Crippen LogP contribution in [0.5, 0.6) is 11.5 Å². The molecule has 4 rings (SSSR count). The van der Waals surface area contributed by atoms with Crippen LogP contribution < -0.4 is 19.7 Å². The first-order chi connectivity index (χ1) is 17.2. The molecule has 2 amide bonds. The first kappa shape index (κ1) is 24.7. The van der Waals surface area contributed by atoms with Crippen molar-refractivity contribution in [3.63, 3.8) is 0 Å². The quantitative estimate of drug-likeness (QED) is 0.280. The van der Waals surface area contributed by atoms with Crippen LogP contribution in [0.2, 0.25) is 0 Å². The first-order valence-corrected chi connectivity index (χ1v) is 11.2. The summed E-state index contributed by atoms with van der Waals surface area (Å²) in [6, 6.07) is 13.3. The minimum Gasteiger partial charge on any atom is -0.493 e. The Morgan fingerprint density at radius 2 is 1.92 bits per heavy atom. The minimum atomic E-state index is -1.17. The average Bonchev–Trinajstić information content (AvgIpc) is 3.33. The number of methoxy groups -OCH3 is 1. The second kappa shape index (κ2) is 10.0. The van der Waals surface area contributed by atoms with Crippen molar-refractivity contribution in [1.29, 1.82) is 0 Å². The lowest BCUT2D eigenvalue weighted by molar-refractivity contribution is -0.122. The van der Waals surface area contributed by atoms with Gasteiger partial charge in [0.1, 0.15) is 17.9 Å². The van der Waals surface area contributed by atoms with E-state index in [1.165, 1.54) is 30.2 Å². The number of carbonyl (C=O) groups is 3. The Bertz CT molecular complexity index is 1420. The van der Waals surface area contributed by atoms with Crippen LogP contribution in [-0.2, 0) is 16.2 Å². The number of hydrogen-bond acceptors (Lipinski definition) is 7. The van der Waals surface area contributed by atoms with Gasteiger partial charge < -0.3 is 19.0 Å². The lowest BCUT2D eigenvalue weighted by Gasteiger charge is -2.30. The summed E-state index contributed by atoms with van der Waals surface area (Å²) in [6.45, 7) is 3.79. The third kappa shape index (κ3) is 4.84. The van der Waals surface area contributed by atoms with Gasteiger partial charge in [0, 0.05) is 0 Å². The topological polar surface area (TPSA) is 118 Å². The largest absolute Gasteiger partial charge is 0.493 e. The standard InChI is InChI=1S/C26H22N2O7S/c1-14-5-4-6-19(15(14)2)28-24(30)18(23(29)27-26(28)36)11-16-7-9-20(22(12-16)33-3)34-13-17-8-10-21(35-17)25(31)32/h4-12H,13H2,1-3H3,(H,31,32)(H,27,29,36)/b18-11+. The molecule has 1 fully saturated rings. The zero-order chi connectivity index (χ0) is 26.0. The van der Waals surface area contributed by atoms with E-state index in [4.69, 9.17) is 31.2 Å². The van der Waals surface area contributed by atoms with Gasteiger partial charge in [0.25, 0.3) is 11.8 Å². The van der Waals surface area contributed by atoms with Crippen LogP contribution in [-0.4, -0.2) is 35.1 Å². The molecule has 10 heteroatoms. The van der Waals surface area contributed by atoms with Gasteiger partial charge in [0.05, 0.1) is 12.8 Å². The molecular formula is C26H22N2O7S. The van der Waals surface area contributed by atoms with E-state index in [9.17, 15) is 14.4 Å². The fourth-order valence-corrected chi connectivity index (χ4v) is 3.91. The number of furan rings is 1. The lowest BCUT2D eigenvalue weighted by Crippen LogP contribution is -2.54. The highest BCUT2D eigenvalue weighted by atomic mass is 32.1. The van der Waals surface area contributed by atoms with E-state index in [1.807, 2.05) is 26.0 Å². The normalized spacial score (nSPS) is 14.7. The second-order valence-corrected chi connectivity index (χ2v) is 8.33. The smallest absolute Gasteiger partial charge is 0.371 e. The zero-order valence-corrected chi connectivity index (χ0v) is 20.5. The molecule has 0 saturated carbocycles. The number of aryl methyl sites for hydroxylation is 1. The summed E-state index contributed by atoms with van der Waals surface area (Å²) in [4.78, 5) is 38.3. The van der Waals surface area contributed by atoms with Crippen molar-refractivity contribution in [2.75, 3.05) is 12.0 Å². The van der Waals surface area contributed by atoms with E-state index < -0.39 is 17.8 Å². The van der Waals surface area contributed by atoms with Crippen LogP contribution in [0.15, 0.2) is 58.5 Å². The Kier molecular flexibility index (Phi) is 6.89. The van der Waals surface area contributed by atoms with Gasteiger partial charge in [0.2, 0.25) is 5.76 Å². The summed E-state index contributed by atoms with van der Waals surface area (Å²) in [5.74, 6) is -1.46. The Morgan fingerprint density at radius 1 is 1.14 bits per heavy atom. The van der Waals surface area contributed by atoms with Crippen molar-refractivity contribution in [3.05, 3.63) is 82.3 Å². The van der Waals surface area contributed by atoms with Crippen molar-refractivity contribution < 1.29 is 33.4 Å². The molecule has 2 aromatic carbocycles. The summed E-state index contributed by atoms with van der Waals surface area (Å²) in [6.07, 6.45) is 1.45. The van der Waals surface area contributed by atoms with E-state index in [0.717, 1.165) is 11.1 Å². The highest BCUT2D eigenvalue weighted by molar-refractivity contribution is 7.80. The van der Waals surface area contributed by atoms with E-state index >= 15 is 0 Å². The molecule has 0 atom stereocenters. The summed E-state index contributed by atoms with van der Waals surface area (Å²) in [7, 11) is 1.45. The molecule has 184 valence electrons. The molecular weight excluding hydrogens is 484 g/mol. The van der Waals surface area contributed by atoms with Crippen molar-refractivity contribution in [2.24, 2.45) is 0 Å². The maximum absolute atomic E-state index is 13.3. The predicted molar refractivity (Wildman–Crippen MR) is 135 cm³/mol. The van der Waals surface area contributed by atoms with Gasteiger partial charge in [-0.2, -0.15) is 0 Å². The molecule has 3 aromatic rings. The number of rotatable bonds is 7. The number of amides is 2. The maximum Gasteiger partial charge on any atom is 0.371 e. The third-order valence-corrected chi connectivity index (χ3v) is 5.94. The second-order valence-electron chi connectivity index (χ2n) is 7.95. The van der Waals surface area contributed by atoms with E-state index in [2.05, 4.69) is 5.32 Å². The fraction of sp³-hybridized carbons (Fsp3) is 0.154. The number of carboxylic acid groups (broad SMARTS) is 1. The maximum atomic E-state index is 13.3. The van der Waals surface area contributed by atoms with Crippen LogP contribution in [0.3, 0.4) is 0 Å². The molecule has 2 N–H and O–H groups in total. The number of carboxylic acids is 1. The number of anilines is 1. The van der Waals surface area contributed by atoms with Crippen LogP contribution >= 0.6 is 12.2 Å². The van der Waals surface area contributed by atoms with E-state index in [-0.39, 0.29) is 23.1 Å². The number of nitrogens with zero attached hydrogens (tertiary/aromatic N) is 1. The number of thiocarbonyl (C=S) groups is 1. The highest BCUT2D eigenvalue weighted by Gasteiger charge is 2.35. The molecule has 1 saturated heterocycles. The number of carbonyl (C=O) groups excluding carboxylic acids is 2. The molecule has 9 nitrogen and oxygen atoms in total. The van der Waals surface area contributed by atoms with E-state index in [1.54, 1.807) is 24.3 Å². The number of aromatic carboxylic acids is 1. The molecule has 1 aliphatic rings. The Labute approximate surface area is 211 Å². The lowest BCUT2D eigenvalue weighted by atomic mass is 10.0. The van der Waals surface area contributed by atoms with Crippen LogP contribution in [0.4, 0.5) is 5.69 Å². The van der Waals surface area contributed by atoms with Gasteiger partial charge in [-0.3, -0.25) is 19.8 Å². The minimum absolute atomic E-state index is 0.0150. The van der Waals surface area contributed by atoms with Gasteiger partial charge in [-0.1, -0.05) is 18.2 Å². The van der Waals surface area contributed by atoms with Crippen molar-refractivity contribution >= 4 is 46.9 Å². The molecule has 36 heavy (non-hydrogen) atoms. The van der Waals surface area contributed by atoms with E-state index in [0.29, 0.717) is 28.5 Å². The highest BCUT2D eigenvalue weighted by Crippen LogP contribution is 2.31. The molecule has 1 aliphatic heterocycles. The summed E-state index contributed by atoms with van der Waals surface area (Å²) in [5.41, 5.74) is 2.90. The Hall–Kier alpha value is -4.44. The number of ether oxygens (including phenoxy) is 2. The predicted octanol–water partition coefficient (Wildman–Crippen LogP) is 4.01. The summed E-state index contributed by atoms with van der Waals surface area (Å²) in [5, 5.41) is 11.6. The molecule has 2 heterocycles. The monoisotopic (exact) mass is 506 g/mol. The molecule has 1 aromatic heterocycles. The molecule has 0 aliphatic carbocycles. The van der Waals surface area contributed by atoms with Crippen molar-refractivity contribution in [2.45, 2.75) is 20.5 Å². The first-order valence-electron chi connectivity index (χ1n) is 10.8. The van der Waals surface area contributed by atoms with Crippen LogP contribution in [0, 0.1) is 13.8 Å². The fourth-order valence-electron chi connectivity index (χ4n) is 3.63. The van der Waals surface area contributed by atoms with Crippen LogP contribution in [0.25, 0.3) is 6.08 Å². The van der Waals surface area contributed by atoms with Gasteiger partial charge in [-0.05, 0) is 79.2 Å². The van der Waals surface area contributed by atoms with Gasteiger partial charge in [0.15, 0.2) is 16.6 Å².